The smallest absolute Gasteiger partial charge is 0.309 e. The van der Waals surface area contributed by atoms with E-state index < -0.39 is 24.0 Å². The van der Waals surface area contributed by atoms with Crippen molar-refractivity contribution in [1.82, 2.24) is 10.2 Å². The van der Waals surface area contributed by atoms with Crippen molar-refractivity contribution < 1.29 is 29.0 Å². The number of hydrogen-bond acceptors (Lipinski definition) is 6. The zero-order valence-corrected chi connectivity index (χ0v) is 27.8. The van der Waals surface area contributed by atoms with E-state index in [0.717, 1.165) is 16.7 Å². The lowest BCUT2D eigenvalue weighted by Gasteiger charge is -2.37. The van der Waals surface area contributed by atoms with Crippen LogP contribution in [0.5, 0.6) is 0 Å². The number of esters is 1. The molecule has 1 aliphatic rings. The monoisotopic (exact) mass is 652 g/mol. The second-order valence-corrected chi connectivity index (χ2v) is 12.3. The zero-order valence-electron chi connectivity index (χ0n) is 27.8. The van der Waals surface area contributed by atoms with Crippen LogP contribution in [0.4, 0.5) is 0 Å². The fourth-order valence-corrected chi connectivity index (χ4v) is 6.31. The molecule has 3 aromatic rings. The summed E-state index contributed by atoms with van der Waals surface area (Å²) in [6.07, 6.45) is 5.05. The number of ether oxygens (including phenoxy) is 2. The molecule has 0 radical (unpaired) electrons. The summed E-state index contributed by atoms with van der Waals surface area (Å²) in [6, 6.07) is 25.9. The van der Waals surface area contributed by atoms with Gasteiger partial charge in [0.05, 0.1) is 37.1 Å². The molecule has 0 aromatic heterocycles. The summed E-state index contributed by atoms with van der Waals surface area (Å²) in [5, 5.41) is 13.2. The highest BCUT2D eigenvalue weighted by Gasteiger charge is 2.35. The van der Waals surface area contributed by atoms with Crippen LogP contribution < -0.4 is 5.32 Å². The number of methoxy groups -OCH3 is 1. The predicted octanol–water partition coefficient (Wildman–Crippen LogP) is 5.76. The van der Waals surface area contributed by atoms with Crippen LogP contribution in [0, 0.1) is 11.8 Å². The maximum absolute atomic E-state index is 13.9. The minimum absolute atomic E-state index is 0.0628. The summed E-state index contributed by atoms with van der Waals surface area (Å²) in [5.41, 5.74) is 3.88. The van der Waals surface area contributed by atoms with Crippen molar-refractivity contribution in [2.75, 3.05) is 20.3 Å². The lowest BCUT2D eigenvalue weighted by molar-refractivity contribution is -0.158. The van der Waals surface area contributed by atoms with Crippen molar-refractivity contribution >= 4 is 17.8 Å². The first-order valence-corrected chi connectivity index (χ1v) is 16.7. The number of benzene rings is 3. The molecule has 0 spiro atoms. The van der Waals surface area contributed by atoms with Gasteiger partial charge in [0, 0.05) is 20.1 Å². The van der Waals surface area contributed by atoms with Crippen molar-refractivity contribution in [3.8, 4) is 0 Å². The number of hydrogen-bond donors (Lipinski definition) is 2. The SMILES string of the molecule is C=CCCC(Cc1ccccc1)C(=O)OC(c1ccccc1)C(COC)NC(=O)C(CC=C)CC(=O)N1Cc2ccccc2CC1CO. The van der Waals surface area contributed by atoms with Gasteiger partial charge in [0.25, 0.3) is 0 Å². The number of fused-ring (bicyclic) bond motifs is 1. The molecule has 4 rings (SSSR count). The molecular formula is C40H48N2O6. The Balaban J connectivity index is 1.54. The first-order chi connectivity index (χ1) is 23.4. The Kier molecular flexibility index (Phi) is 14.2. The number of aliphatic hydroxyl groups is 1. The highest BCUT2D eigenvalue weighted by Crippen LogP contribution is 2.28. The molecule has 8 heteroatoms. The Labute approximate surface area is 284 Å². The van der Waals surface area contributed by atoms with Gasteiger partial charge < -0.3 is 24.8 Å². The first kappa shape index (κ1) is 36.3. The number of nitrogens with one attached hydrogen (secondary N) is 1. The second kappa shape index (κ2) is 18.7. The molecule has 3 aromatic carbocycles. The molecule has 2 N–H and O–H groups in total. The van der Waals surface area contributed by atoms with Crippen molar-refractivity contribution in [3.63, 3.8) is 0 Å². The Morgan fingerprint density at radius 1 is 0.938 bits per heavy atom. The van der Waals surface area contributed by atoms with Crippen LogP contribution in [-0.2, 0) is 43.2 Å². The number of nitrogens with zero attached hydrogens (tertiary/aromatic N) is 1. The van der Waals surface area contributed by atoms with Gasteiger partial charge in [-0.1, -0.05) is 97.1 Å². The lowest BCUT2D eigenvalue weighted by atomic mass is 9.92. The summed E-state index contributed by atoms with van der Waals surface area (Å²) in [7, 11) is 1.53. The van der Waals surface area contributed by atoms with E-state index in [9.17, 15) is 19.5 Å². The van der Waals surface area contributed by atoms with E-state index in [-0.39, 0.29) is 49.9 Å². The number of aliphatic hydroxyl groups excluding tert-OH is 1. The van der Waals surface area contributed by atoms with Crippen LogP contribution >= 0.6 is 0 Å². The van der Waals surface area contributed by atoms with Gasteiger partial charge >= 0.3 is 5.97 Å². The Morgan fingerprint density at radius 2 is 1.60 bits per heavy atom. The molecule has 1 aliphatic heterocycles. The molecule has 0 bridgehead atoms. The fourth-order valence-electron chi connectivity index (χ4n) is 6.31. The van der Waals surface area contributed by atoms with Gasteiger partial charge in [-0.15, -0.1) is 13.2 Å². The molecule has 2 amide bonds. The minimum atomic E-state index is -0.845. The maximum Gasteiger partial charge on any atom is 0.309 e. The van der Waals surface area contributed by atoms with Crippen molar-refractivity contribution in [2.24, 2.45) is 11.8 Å². The zero-order chi connectivity index (χ0) is 34.3. The van der Waals surface area contributed by atoms with Gasteiger partial charge in [0.1, 0.15) is 6.10 Å². The Hall–Kier alpha value is -4.53. The van der Waals surface area contributed by atoms with E-state index in [1.807, 2.05) is 84.9 Å². The van der Waals surface area contributed by atoms with Gasteiger partial charge in [-0.3, -0.25) is 14.4 Å². The highest BCUT2D eigenvalue weighted by atomic mass is 16.5. The average molecular weight is 653 g/mol. The maximum atomic E-state index is 13.9. The molecule has 48 heavy (non-hydrogen) atoms. The molecule has 8 nitrogen and oxygen atoms in total. The topological polar surface area (TPSA) is 105 Å². The largest absolute Gasteiger partial charge is 0.455 e. The number of allylic oxidation sites excluding steroid dienone is 2. The second-order valence-electron chi connectivity index (χ2n) is 12.3. The summed E-state index contributed by atoms with van der Waals surface area (Å²) in [4.78, 5) is 43.1. The average Bonchev–Trinajstić information content (AvgIpc) is 3.12. The third-order valence-electron chi connectivity index (χ3n) is 8.92. The number of amides is 2. The predicted molar refractivity (Wildman–Crippen MR) is 187 cm³/mol. The van der Waals surface area contributed by atoms with Crippen LogP contribution in [0.25, 0.3) is 0 Å². The third kappa shape index (κ3) is 9.99. The summed E-state index contributed by atoms with van der Waals surface area (Å²) in [6.45, 7) is 7.93. The van der Waals surface area contributed by atoms with Crippen molar-refractivity contribution in [3.05, 3.63) is 132 Å². The quantitative estimate of drug-likeness (QED) is 0.134. The molecule has 0 aliphatic carbocycles. The van der Waals surface area contributed by atoms with E-state index in [2.05, 4.69) is 18.5 Å². The van der Waals surface area contributed by atoms with E-state index in [4.69, 9.17) is 9.47 Å². The first-order valence-electron chi connectivity index (χ1n) is 16.7. The number of carbonyl (C=O) groups excluding carboxylic acids is 3. The standard InChI is InChI=1S/C40H48N2O6/c1-4-6-18-33(23-29-16-9-7-10-17-29)40(46)48-38(30-19-11-8-12-20-30)36(28-47-3)41-39(45)32(15-5-2)25-37(44)42-26-34-22-14-13-21-31(34)24-35(42)27-43/h4-5,7-14,16-17,19-22,32-33,35-36,38,43H,1-2,6,15,18,23-28H2,3H3,(H,41,45). The van der Waals surface area contributed by atoms with Gasteiger partial charge in [0.15, 0.2) is 0 Å². The van der Waals surface area contributed by atoms with E-state index in [0.29, 0.717) is 37.8 Å². The van der Waals surface area contributed by atoms with Crippen LogP contribution in [0.3, 0.4) is 0 Å². The molecule has 254 valence electrons. The van der Waals surface area contributed by atoms with E-state index in [1.165, 1.54) is 7.11 Å². The summed E-state index contributed by atoms with van der Waals surface area (Å²) < 4.78 is 11.8. The summed E-state index contributed by atoms with van der Waals surface area (Å²) in [5.74, 6) is -2.10. The number of carbonyl (C=O) groups is 3. The molecule has 0 saturated heterocycles. The molecule has 1 heterocycles. The molecule has 5 unspecified atom stereocenters. The van der Waals surface area contributed by atoms with Crippen molar-refractivity contribution in [1.29, 1.82) is 0 Å². The van der Waals surface area contributed by atoms with Gasteiger partial charge in [-0.25, -0.2) is 0 Å². The Bertz CT molecular complexity index is 1490. The van der Waals surface area contributed by atoms with E-state index in [1.54, 1.807) is 17.1 Å². The lowest BCUT2D eigenvalue weighted by Crippen LogP contribution is -2.49. The van der Waals surface area contributed by atoms with Gasteiger partial charge in [-0.2, -0.15) is 0 Å². The molecule has 5 atom stereocenters. The Morgan fingerprint density at radius 3 is 2.25 bits per heavy atom. The molecule has 0 saturated carbocycles. The summed E-state index contributed by atoms with van der Waals surface area (Å²) >= 11 is 0. The van der Waals surface area contributed by atoms with Gasteiger partial charge in [0.2, 0.25) is 11.8 Å². The number of rotatable bonds is 18. The normalized spacial score (nSPS) is 16.5. The van der Waals surface area contributed by atoms with Crippen LogP contribution in [0.2, 0.25) is 0 Å². The fraction of sp³-hybridized carbons (Fsp3) is 0.375. The van der Waals surface area contributed by atoms with Crippen LogP contribution in [-0.4, -0.2) is 60.2 Å². The third-order valence-corrected chi connectivity index (χ3v) is 8.92. The van der Waals surface area contributed by atoms with Crippen LogP contribution in [0.15, 0.2) is 110 Å². The van der Waals surface area contributed by atoms with E-state index >= 15 is 0 Å². The van der Waals surface area contributed by atoms with Crippen LogP contribution in [0.1, 0.15) is 54.0 Å². The highest BCUT2D eigenvalue weighted by molar-refractivity contribution is 5.86. The minimum Gasteiger partial charge on any atom is -0.455 e. The molecule has 0 fully saturated rings. The van der Waals surface area contributed by atoms with Crippen molar-refractivity contribution in [2.45, 2.75) is 63.3 Å². The van der Waals surface area contributed by atoms with Gasteiger partial charge in [-0.05, 0) is 54.4 Å². The molecular weight excluding hydrogens is 604 g/mol.